The van der Waals surface area contributed by atoms with E-state index in [-0.39, 0.29) is 17.3 Å². The van der Waals surface area contributed by atoms with E-state index in [1.807, 2.05) is 33.8 Å². The summed E-state index contributed by atoms with van der Waals surface area (Å²) in [6, 6.07) is 17.5. The van der Waals surface area contributed by atoms with Gasteiger partial charge in [0.1, 0.15) is 12.6 Å². The number of benzene rings is 3. The van der Waals surface area contributed by atoms with Crippen LogP contribution in [0.3, 0.4) is 0 Å². The predicted octanol–water partition coefficient (Wildman–Crippen LogP) is 6.53. The van der Waals surface area contributed by atoms with Gasteiger partial charge >= 0.3 is 0 Å². The number of unbranched alkanes of at least 4 members (excludes halogenated alkanes) is 1. The fraction of sp³-hybridized carbons (Fsp3) is 0.355. The summed E-state index contributed by atoms with van der Waals surface area (Å²) in [7, 11) is -4.13. The molecule has 10 heteroatoms. The minimum Gasteiger partial charge on any atom is -0.354 e. The second-order valence-electron chi connectivity index (χ2n) is 9.99. The molecule has 7 nitrogen and oxygen atoms in total. The van der Waals surface area contributed by atoms with Gasteiger partial charge in [-0.2, -0.15) is 0 Å². The van der Waals surface area contributed by atoms with Crippen LogP contribution >= 0.6 is 23.2 Å². The lowest BCUT2D eigenvalue weighted by molar-refractivity contribution is -0.140. The van der Waals surface area contributed by atoms with Gasteiger partial charge in [0.15, 0.2) is 0 Å². The zero-order valence-corrected chi connectivity index (χ0v) is 26.2. The van der Waals surface area contributed by atoms with Crippen LogP contribution in [0.1, 0.15) is 49.8 Å². The van der Waals surface area contributed by atoms with Crippen molar-refractivity contribution in [3.8, 4) is 0 Å². The lowest BCUT2D eigenvalue weighted by atomic mass is 10.1. The summed E-state index contributed by atoms with van der Waals surface area (Å²) >= 11 is 12.6. The van der Waals surface area contributed by atoms with Gasteiger partial charge in [0.05, 0.1) is 10.6 Å². The Morgan fingerprint density at radius 2 is 1.63 bits per heavy atom. The summed E-state index contributed by atoms with van der Waals surface area (Å²) in [5, 5.41) is 3.70. The first kappa shape index (κ1) is 32.4. The molecule has 0 heterocycles. The second-order valence-corrected chi connectivity index (χ2v) is 12.7. The highest BCUT2D eigenvalue weighted by molar-refractivity contribution is 7.92. The maximum atomic E-state index is 14.1. The first-order valence-corrected chi connectivity index (χ1v) is 15.8. The molecule has 0 spiro atoms. The number of rotatable bonds is 13. The van der Waals surface area contributed by atoms with Gasteiger partial charge in [-0.25, -0.2) is 8.42 Å². The summed E-state index contributed by atoms with van der Waals surface area (Å²) < 4.78 is 29.0. The molecule has 0 saturated carbocycles. The Kier molecular flexibility index (Phi) is 11.6. The number of nitrogens with one attached hydrogen (secondary N) is 1. The van der Waals surface area contributed by atoms with Gasteiger partial charge in [-0.15, -0.1) is 0 Å². The minimum atomic E-state index is -4.13. The molecule has 1 atom stereocenters. The Labute approximate surface area is 253 Å². The molecule has 0 aromatic heterocycles. The average Bonchev–Trinajstić information content (AvgIpc) is 2.93. The van der Waals surface area contributed by atoms with E-state index in [1.54, 1.807) is 48.5 Å². The topological polar surface area (TPSA) is 86.8 Å². The first-order chi connectivity index (χ1) is 19.5. The summed E-state index contributed by atoms with van der Waals surface area (Å²) in [6.07, 6.45) is 2.03. The van der Waals surface area contributed by atoms with E-state index in [0.29, 0.717) is 34.3 Å². The number of nitrogens with zero attached hydrogens (tertiary/aromatic N) is 2. The van der Waals surface area contributed by atoms with E-state index in [2.05, 4.69) is 5.32 Å². The van der Waals surface area contributed by atoms with Crippen LogP contribution in [0.25, 0.3) is 0 Å². The van der Waals surface area contributed by atoms with E-state index in [0.717, 1.165) is 28.3 Å². The third-order valence-corrected chi connectivity index (χ3v) is 9.12. The summed E-state index contributed by atoms with van der Waals surface area (Å²) in [5.41, 5.74) is 2.69. The number of anilines is 1. The molecule has 0 bridgehead atoms. The highest BCUT2D eigenvalue weighted by Crippen LogP contribution is 2.27. The maximum Gasteiger partial charge on any atom is 0.264 e. The van der Waals surface area contributed by atoms with Gasteiger partial charge in [-0.1, -0.05) is 79.4 Å². The van der Waals surface area contributed by atoms with Crippen molar-refractivity contribution in [1.82, 2.24) is 10.2 Å². The van der Waals surface area contributed by atoms with Crippen LogP contribution in [0.2, 0.25) is 10.0 Å². The summed E-state index contributed by atoms with van der Waals surface area (Å²) in [4.78, 5) is 28.9. The van der Waals surface area contributed by atoms with Crippen molar-refractivity contribution in [3.63, 3.8) is 0 Å². The van der Waals surface area contributed by atoms with Gasteiger partial charge < -0.3 is 10.2 Å². The lowest BCUT2D eigenvalue weighted by Gasteiger charge is -2.33. The van der Waals surface area contributed by atoms with Crippen LogP contribution in [0.4, 0.5) is 5.69 Å². The van der Waals surface area contributed by atoms with Crippen LogP contribution in [0, 0.1) is 13.8 Å². The van der Waals surface area contributed by atoms with Crippen molar-refractivity contribution < 1.29 is 18.0 Å². The first-order valence-electron chi connectivity index (χ1n) is 13.6. The molecular formula is C31H37Cl2N3O4S. The number of carbonyl (C=O) groups excluding carboxylic acids is 2. The highest BCUT2D eigenvalue weighted by Gasteiger charge is 2.34. The van der Waals surface area contributed by atoms with Gasteiger partial charge in [0.25, 0.3) is 10.0 Å². The number of aryl methyl sites for hydroxylation is 2. The summed E-state index contributed by atoms with van der Waals surface area (Å²) in [6.45, 7) is 7.53. The van der Waals surface area contributed by atoms with Crippen LogP contribution in [-0.2, 0) is 26.2 Å². The summed E-state index contributed by atoms with van der Waals surface area (Å²) in [5.74, 6) is -0.839. The largest absolute Gasteiger partial charge is 0.354 e. The predicted molar refractivity (Wildman–Crippen MR) is 166 cm³/mol. The Bertz CT molecular complexity index is 1460. The van der Waals surface area contributed by atoms with Gasteiger partial charge in [-0.05, 0) is 74.2 Å². The maximum absolute atomic E-state index is 14.1. The van der Waals surface area contributed by atoms with E-state index in [4.69, 9.17) is 23.2 Å². The van der Waals surface area contributed by atoms with Gasteiger partial charge in [0.2, 0.25) is 11.8 Å². The van der Waals surface area contributed by atoms with Crippen molar-refractivity contribution in [3.05, 3.63) is 93.5 Å². The number of hydrogen-bond donors (Lipinski definition) is 1. The monoisotopic (exact) mass is 617 g/mol. The average molecular weight is 619 g/mol. The van der Waals surface area contributed by atoms with Gasteiger partial charge in [0, 0.05) is 23.1 Å². The molecule has 220 valence electrons. The Balaban J connectivity index is 2.06. The van der Waals surface area contributed by atoms with Crippen molar-refractivity contribution in [1.29, 1.82) is 0 Å². The minimum absolute atomic E-state index is 0.000771. The smallest absolute Gasteiger partial charge is 0.264 e. The Morgan fingerprint density at radius 3 is 2.24 bits per heavy atom. The van der Waals surface area contributed by atoms with Crippen molar-refractivity contribution in [2.75, 3.05) is 17.4 Å². The fourth-order valence-corrected chi connectivity index (χ4v) is 6.28. The molecule has 3 aromatic carbocycles. The van der Waals surface area contributed by atoms with E-state index in [1.165, 1.54) is 17.0 Å². The SMILES string of the molecule is CCCCNC(=O)[C@@H](CC)N(Cc1ccc(Cl)cc1Cl)C(=O)CN(c1cccc(C)c1)S(=O)(=O)c1ccc(C)cc1. The molecule has 2 amide bonds. The molecule has 3 rings (SSSR count). The Hall–Kier alpha value is -3.07. The standard InChI is InChI=1S/C31H37Cl2N3O4S/c1-5-7-17-34-31(38)29(6-2)35(20-24-13-14-25(32)19-28(24)33)30(37)21-36(26-10-8-9-23(4)18-26)41(39,40)27-15-11-22(3)12-16-27/h8-16,18-19,29H,5-7,17,20-21H2,1-4H3,(H,34,38)/t29-/m1/s1. The highest BCUT2D eigenvalue weighted by atomic mass is 35.5. The van der Waals surface area contributed by atoms with Crippen molar-refractivity contribution in [2.45, 2.75) is 64.4 Å². The molecule has 0 radical (unpaired) electrons. The zero-order valence-electron chi connectivity index (χ0n) is 23.9. The van der Waals surface area contributed by atoms with E-state index < -0.39 is 28.5 Å². The number of amides is 2. The molecule has 0 saturated heterocycles. The Morgan fingerprint density at radius 1 is 0.927 bits per heavy atom. The van der Waals surface area contributed by atoms with Crippen molar-refractivity contribution >= 4 is 50.7 Å². The van der Waals surface area contributed by atoms with Gasteiger partial charge in [-0.3, -0.25) is 13.9 Å². The quantitative estimate of drug-likeness (QED) is 0.221. The lowest BCUT2D eigenvalue weighted by Crippen LogP contribution is -2.52. The van der Waals surface area contributed by atoms with E-state index in [9.17, 15) is 18.0 Å². The normalized spacial score (nSPS) is 12.0. The van der Waals surface area contributed by atoms with Crippen LogP contribution in [0.15, 0.2) is 71.6 Å². The number of halogens is 2. The molecule has 41 heavy (non-hydrogen) atoms. The van der Waals surface area contributed by atoms with E-state index >= 15 is 0 Å². The van der Waals surface area contributed by atoms with Crippen molar-refractivity contribution in [2.24, 2.45) is 0 Å². The third kappa shape index (κ3) is 8.47. The molecule has 0 fully saturated rings. The molecule has 0 unspecified atom stereocenters. The van der Waals surface area contributed by atoms with Crippen LogP contribution in [-0.4, -0.2) is 44.3 Å². The molecule has 1 N–H and O–H groups in total. The molecular weight excluding hydrogens is 581 g/mol. The zero-order chi connectivity index (χ0) is 30.2. The fourth-order valence-electron chi connectivity index (χ4n) is 4.41. The van der Waals surface area contributed by atoms with Crippen LogP contribution in [0.5, 0.6) is 0 Å². The molecule has 0 aliphatic rings. The number of carbonyl (C=O) groups is 2. The second kappa shape index (κ2) is 14.7. The molecule has 0 aliphatic heterocycles. The number of sulfonamides is 1. The van der Waals surface area contributed by atoms with Crippen LogP contribution < -0.4 is 9.62 Å². The number of hydrogen-bond acceptors (Lipinski definition) is 4. The molecule has 3 aromatic rings. The molecule has 0 aliphatic carbocycles. The third-order valence-electron chi connectivity index (χ3n) is 6.75.